The Balaban J connectivity index is 1.79. The first-order valence-corrected chi connectivity index (χ1v) is 7.35. The van der Waals surface area contributed by atoms with E-state index in [1.54, 1.807) is 6.20 Å². The summed E-state index contributed by atoms with van der Waals surface area (Å²) in [6.07, 6.45) is 7.75. The summed E-state index contributed by atoms with van der Waals surface area (Å²) in [5, 5.41) is 14.0. The van der Waals surface area contributed by atoms with Gasteiger partial charge in [-0.1, -0.05) is 30.9 Å². The zero-order valence-corrected chi connectivity index (χ0v) is 11.5. The van der Waals surface area contributed by atoms with Crippen molar-refractivity contribution in [2.45, 2.75) is 38.6 Å². The number of hydrogen-bond donors (Lipinski definition) is 2. The topological polar surface area (TPSA) is 45.1 Å². The summed E-state index contributed by atoms with van der Waals surface area (Å²) in [6.45, 7) is 1.92. The second-order valence-electron chi connectivity index (χ2n) is 4.88. The second kappa shape index (κ2) is 6.14. The summed E-state index contributed by atoms with van der Waals surface area (Å²) in [7, 11) is 0. The molecule has 0 saturated heterocycles. The summed E-state index contributed by atoms with van der Waals surface area (Å²) in [4.78, 5) is 4.21. The zero-order valence-electron chi connectivity index (χ0n) is 9.91. The summed E-state index contributed by atoms with van der Waals surface area (Å²) in [6, 6.07) is 0. The molecule has 0 aromatic carbocycles. The number of nitrogens with zero attached hydrogens (tertiary/aromatic N) is 1. The normalized spacial score (nSPS) is 19.4. The van der Waals surface area contributed by atoms with Crippen LogP contribution in [0.15, 0.2) is 6.20 Å². The molecule has 1 fully saturated rings. The Bertz CT molecular complexity index is 350. The Morgan fingerprint density at radius 1 is 1.41 bits per heavy atom. The minimum atomic E-state index is 0.0965. The van der Waals surface area contributed by atoms with Crippen molar-refractivity contribution in [3.63, 3.8) is 0 Å². The molecule has 2 rings (SSSR count). The van der Waals surface area contributed by atoms with E-state index in [0.717, 1.165) is 35.3 Å². The largest absolute Gasteiger partial charge is 0.396 e. The minimum absolute atomic E-state index is 0.0965. The molecular weight excluding hydrogens is 256 g/mol. The van der Waals surface area contributed by atoms with Crippen molar-refractivity contribution < 1.29 is 5.11 Å². The Morgan fingerprint density at radius 2 is 2.18 bits per heavy atom. The molecule has 0 amide bonds. The van der Waals surface area contributed by atoms with Crippen LogP contribution in [0.2, 0.25) is 4.34 Å². The van der Waals surface area contributed by atoms with E-state index in [1.165, 1.54) is 30.6 Å². The van der Waals surface area contributed by atoms with Gasteiger partial charge in [-0.15, -0.1) is 11.3 Å². The molecule has 1 aromatic heterocycles. The van der Waals surface area contributed by atoms with E-state index in [4.69, 9.17) is 11.6 Å². The van der Waals surface area contributed by atoms with E-state index in [-0.39, 0.29) is 5.41 Å². The maximum atomic E-state index is 9.57. The average Bonchev–Trinajstić information content (AvgIpc) is 2.76. The monoisotopic (exact) mass is 274 g/mol. The van der Waals surface area contributed by atoms with Crippen LogP contribution in [0.3, 0.4) is 0 Å². The lowest BCUT2D eigenvalue weighted by Gasteiger charge is -2.35. The van der Waals surface area contributed by atoms with E-state index in [1.807, 2.05) is 0 Å². The number of thiazole rings is 1. The SMILES string of the molecule is OCC1(CNCc2ncc(Cl)s2)CCCCC1. The molecule has 1 aromatic rings. The molecule has 0 aliphatic heterocycles. The van der Waals surface area contributed by atoms with Gasteiger partial charge >= 0.3 is 0 Å². The van der Waals surface area contributed by atoms with Gasteiger partial charge < -0.3 is 10.4 Å². The van der Waals surface area contributed by atoms with E-state index in [0.29, 0.717) is 6.61 Å². The summed E-state index contributed by atoms with van der Waals surface area (Å²) < 4.78 is 0.733. The molecule has 96 valence electrons. The fourth-order valence-electron chi connectivity index (χ4n) is 2.50. The van der Waals surface area contributed by atoms with Crippen LogP contribution in [0.1, 0.15) is 37.1 Å². The number of aliphatic hydroxyl groups excluding tert-OH is 1. The summed E-state index contributed by atoms with van der Waals surface area (Å²) in [5.74, 6) is 0. The third kappa shape index (κ3) is 3.65. The molecular formula is C12H19ClN2OS. The highest BCUT2D eigenvalue weighted by Crippen LogP contribution is 2.35. The van der Waals surface area contributed by atoms with Crippen molar-refractivity contribution in [3.8, 4) is 0 Å². The molecule has 17 heavy (non-hydrogen) atoms. The van der Waals surface area contributed by atoms with E-state index >= 15 is 0 Å². The maximum absolute atomic E-state index is 9.57. The van der Waals surface area contributed by atoms with Gasteiger partial charge in [-0.2, -0.15) is 0 Å². The predicted molar refractivity (Wildman–Crippen MR) is 71.4 cm³/mol. The van der Waals surface area contributed by atoms with E-state index in [2.05, 4.69) is 10.3 Å². The molecule has 2 N–H and O–H groups in total. The van der Waals surface area contributed by atoms with Crippen molar-refractivity contribution in [1.29, 1.82) is 0 Å². The molecule has 1 heterocycles. The van der Waals surface area contributed by atoms with Crippen LogP contribution in [0.4, 0.5) is 0 Å². The van der Waals surface area contributed by atoms with E-state index < -0.39 is 0 Å². The smallest absolute Gasteiger partial charge is 0.113 e. The lowest BCUT2D eigenvalue weighted by atomic mass is 9.74. The fourth-order valence-corrected chi connectivity index (χ4v) is 3.42. The van der Waals surface area contributed by atoms with Crippen LogP contribution in [-0.2, 0) is 6.54 Å². The van der Waals surface area contributed by atoms with Crippen LogP contribution < -0.4 is 5.32 Å². The predicted octanol–water partition coefficient (Wildman–Crippen LogP) is 2.83. The van der Waals surface area contributed by atoms with Crippen molar-refractivity contribution in [2.75, 3.05) is 13.2 Å². The molecule has 0 spiro atoms. The molecule has 0 atom stereocenters. The van der Waals surface area contributed by atoms with Gasteiger partial charge in [0.15, 0.2) is 0 Å². The minimum Gasteiger partial charge on any atom is -0.396 e. The van der Waals surface area contributed by atoms with Crippen molar-refractivity contribution >= 4 is 22.9 Å². The van der Waals surface area contributed by atoms with Gasteiger partial charge in [0.1, 0.15) is 9.34 Å². The fraction of sp³-hybridized carbons (Fsp3) is 0.750. The summed E-state index contributed by atoms with van der Waals surface area (Å²) >= 11 is 7.34. The number of aliphatic hydroxyl groups is 1. The Hall–Kier alpha value is -0.160. The Labute approximate surface area is 111 Å². The molecule has 0 unspecified atom stereocenters. The first kappa shape index (κ1) is 13.3. The third-order valence-corrected chi connectivity index (χ3v) is 4.67. The third-order valence-electron chi connectivity index (χ3n) is 3.55. The summed E-state index contributed by atoms with van der Waals surface area (Å²) in [5.41, 5.74) is 0.0965. The Morgan fingerprint density at radius 3 is 2.76 bits per heavy atom. The van der Waals surface area contributed by atoms with E-state index in [9.17, 15) is 5.11 Å². The number of nitrogens with one attached hydrogen (secondary N) is 1. The lowest BCUT2D eigenvalue weighted by Crippen LogP contribution is -2.38. The molecule has 1 saturated carbocycles. The van der Waals surface area contributed by atoms with Gasteiger partial charge in [-0.05, 0) is 12.8 Å². The zero-order chi connectivity index (χ0) is 12.1. The van der Waals surface area contributed by atoms with Crippen LogP contribution in [0.5, 0.6) is 0 Å². The van der Waals surface area contributed by atoms with Gasteiger partial charge in [0.25, 0.3) is 0 Å². The highest BCUT2D eigenvalue weighted by molar-refractivity contribution is 7.15. The standard InChI is InChI=1S/C12H19ClN2OS/c13-10-6-15-11(17-10)7-14-8-12(9-16)4-2-1-3-5-12/h6,14,16H,1-5,7-9H2. The van der Waals surface area contributed by atoms with Gasteiger partial charge in [0.05, 0.1) is 6.20 Å². The van der Waals surface area contributed by atoms with Crippen molar-refractivity contribution in [2.24, 2.45) is 5.41 Å². The number of hydrogen-bond acceptors (Lipinski definition) is 4. The van der Waals surface area contributed by atoms with Gasteiger partial charge in [0, 0.05) is 25.1 Å². The van der Waals surface area contributed by atoms with Gasteiger partial charge in [-0.3, -0.25) is 0 Å². The second-order valence-corrected chi connectivity index (χ2v) is 6.63. The first-order valence-electron chi connectivity index (χ1n) is 6.16. The molecule has 1 aliphatic rings. The average molecular weight is 275 g/mol. The highest BCUT2D eigenvalue weighted by Gasteiger charge is 2.30. The molecule has 3 nitrogen and oxygen atoms in total. The van der Waals surface area contributed by atoms with Crippen LogP contribution in [0.25, 0.3) is 0 Å². The molecule has 0 radical (unpaired) electrons. The number of halogens is 1. The maximum Gasteiger partial charge on any atom is 0.113 e. The molecule has 1 aliphatic carbocycles. The van der Waals surface area contributed by atoms with Crippen molar-refractivity contribution in [3.05, 3.63) is 15.5 Å². The van der Waals surface area contributed by atoms with Crippen LogP contribution in [-0.4, -0.2) is 23.2 Å². The lowest BCUT2D eigenvalue weighted by molar-refractivity contribution is 0.0810. The number of aromatic nitrogens is 1. The van der Waals surface area contributed by atoms with Crippen LogP contribution in [0, 0.1) is 5.41 Å². The Kier molecular flexibility index (Phi) is 4.79. The van der Waals surface area contributed by atoms with Gasteiger partial charge in [0.2, 0.25) is 0 Å². The highest BCUT2D eigenvalue weighted by atomic mass is 35.5. The van der Waals surface area contributed by atoms with Crippen LogP contribution >= 0.6 is 22.9 Å². The van der Waals surface area contributed by atoms with Gasteiger partial charge in [-0.25, -0.2) is 4.98 Å². The van der Waals surface area contributed by atoms with Crippen molar-refractivity contribution in [1.82, 2.24) is 10.3 Å². The molecule has 5 heteroatoms. The molecule has 0 bridgehead atoms. The number of rotatable bonds is 5. The first-order chi connectivity index (χ1) is 8.24. The quantitative estimate of drug-likeness (QED) is 0.868.